The molecule has 0 heterocycles. The summed E-state index contributed by atoms with van der Waals surface area (Å²) in [6.45, 7) is 8.14. The first-order valence-corrected chi connectivity index (χ1v) is 12.3. The third kappa shape index (κ3) is 9.01. The number of carbonyl (C=O) groups excluding carboxylic acids is 1. The normalized spacial score (nSPS) is 15.6. The van der Waals surface area contributed by atoms with Crippen molar-refractivity contribution in [1.82, 2.24) is 0 Å². The minimum atomic E-state index is -5.11. The van der Waals surface area contributed by atoms with Gasteiger partial charge in [-0.2, -0.15) is 26.3 Å². The second kappa shape index (κ2) is 12.4. The Morgan fingerprint density at radius 2 is 1.56 bits per heavy atom. The number of benzene rings is 2. The summed E-state index contributed by atoms with van der Waals surface area (Å²) in [6.07, 6.45) is -11.0. The molecule has 0 spiro atoms. The van der Waals surface area contributed by atoms with Crippen LogP contribution in [0.3, 0.4) is 0 Å². The first kappa shape index (κ1) is 32.7. The van der Waals surface area contributed by atoms with Crippen LogP contribution >= 0.6 is 23.2 Å². The molecule has 0 aromatic heterocycles. The molecule has 0 aliphatic rings. The van der Waals surface area contributed by atoms with Gasteiger partial charge in [0.05, 0.1) is 33.2 Å². The molecular formula is C27H27Cl2F6NO3. The summed E-state index contributed by atoms with van der Waals surface area (Å²) in [4.78, 5) is 13.2. The summed E-state index contributed by atoms with van der Waals surface area (Å²) in [5.41, 5.74) is 4.29. The van der Waals surface area contributed by atoms with Gasteiger partial charge in [-0.1, -0.05) is 35.8 Å². The van der Waals surface area contributed by atoms with Gasteiger partial charge in [0.1, 0.15) is 5.60 Å². The summed E-state index contributed by atoms with van der Waals surface area (Å²) in [7, 11) is 0. The van der Waals surface area contributed by atoms with E-state index in [-0.39, 0.29) is 22.5 Å². The number of aliphatic hydroxyl groups is 1. The fraction of sp³-hybridized carbons (Fsp3) is 0.407. The average molecular weight is 598 g/mol. The number of ether oxygens (including phenoxy) is 1. The lowest BCUT2D eigenvalue weighted by atomic mass is 9.80. The van der Waals surface area contributed by atoms with Gasteiger partial charge >= 0.3 is 18.3 Å². The van der Waals surface area contributed by atoms with Crippen molar-refractivity contribution in [3.05, 3.63) is 87.1 Å². The van der Waals surface area contributed by atoms with Gasteiger partial charge in [-0.05, 0) is 74.7 Å². The van der Waals surface area contributed by atoms with E-state index >= 15 is 0 Å². The van der Waals surface area contributed by atoms with Crippen LogP contribution in [0.15, 0.2) is 54.8 Å². The van der Waals surface area contributed by atoms with Crippen molar-refractivity contribution in [2.24, 2.45) is 17.6 Å². The molecule has 2 rings (SSSR count). The number of rotatable bonds is 8. The first-order valence-electron chi connectivity index (χ1n) is 11.5. The van der Waals surface area contributed by atoms with Crippen molar-refractivity contribution in [2.45, 2.75) is 57.3 Å². The number of halogens is 8. The maximum atomic E-state index is 13.4. The Labute approximate surface area is 232 Å². The third-order valence-corrected chi connectivity index (χ3v) is 6.41. The molecule has 214 valence electrons. The monoisotopic (exact) mass is 597 g/mol. The van der Waals surface area contributed by atoms with E-state index in [4.69, 9.17) is 33.7 Å². The highest BCUT2D eigenvalue weighted by atomic mass is 35.5. The Morgan fingerprint density at radius 3 is 2.00 bits per heavy atom. The maximum Gasteiger partial charge on any atom is 0.416 e. The Morgan fingerprint density at radius 1 is 1.03 bits per heavy atom. The van der Waals surface area contributed by atoms with Crippen LogP contribution in [-0.2, 0) is 28.3 Å². The highest BCUT2D eigenvalue weighted by Crippen LogP contribution is 2.39. The lowest BCUT2D eigenvalue weighted by Crippen LogP contribution is -2.42. The van der Waals surface area contributed by atoms with Crippen LogP contribution in [0, 0.1) is 11.8 Å². The highest BCUT2D eigenvalue weighted by molar-refractivity contribution is 6.42. The molecule has 4 nitrogen and oxygen atoms in total. The molecule has 3 N–H and O–H groups in total. The number of hydrogen-bond acceptors (Lipinski definition) is 4. The Balaban J connectivity index is 2.61. The number of carbonyl (C=O) groups is 1. The number of aliphatic hydroxyl groups excluding tert-OH is 1. The lowest BCUT2D eigenvalue weighted by molar-refractivity contribution is -0.165. The predicted molar refractivity (Wildman–Crippen MR) is 136 cm³/mol. The molecule has 2 aromatic carbocycles. The number of esters is 1. The number of alkyl halides is 6. The van der Waals surface area contributed by atoms with E-state index in [9.17, 15) is 36.2 Å². The molecule has 0 radical (unpaired) electrons. The zero-order valence-electron chi connectivity index (χ0n) is 21.1. The van der Waals surface area contributed by atoms with E-state index in [0.29, 0.717) is 17.7 Å². The van der Waals surface area contributed by atoms with Crippen molar-refractivity contribution in [3.8, 4) is 0 Å². The topological polar surface area (TPSA) is 72.5 Å². The van der Waals surface area contributed by atoms with Crippen LogP contribution in [0.5, 0.6) is 0 Å². The first-order chi connectivity index (χ1) is 17.7. The van der Waals surface area contributed by atoms with Crippen LogP contribution in [-0.4, -0.2) is 22.8 Å². The molecule has 39 heavy (non-hydrogen) atoms. The molecular weight excluding hydrogens is 571 g/mol. The average Bonchev–Trinajstić information content (AvgIpc) is 2.79. The highest BCUT2D eigenvalue weighted by Gasteiger charge is 2.41. The molecule has 4 atom stereocenters. The zero-order chi connectivity index (χ0) is 29.9. The maximum absolute atomic E-state index is 13.4. The van der Waals surface area contributed by atoms with Crippen LogP contribution in [0.4, 0.5) is 26.3 Å². The fourth-order valence-corrected chi connectivity index (χ4v) is 4.17. The Bertz CT molecular complexity index is 1200. The van der Waals surface area contributed by atoms with Gasteiger partial charge in [0.25, 0.3) is 0 Å². The summed E-state index contributed by atoms with van der Waals surface area (Å²) in [6, 6.07) is 3.74. The van der Waals surface area contributed by atoms with Gasteiger partial charge < -0.3 is 15.6 Å². The van der Waals surface area contributed by atoms with E-state index < -0.39 is 64.6 Å². The van der Waals surface area contributed by atoms with E-state index in [2.05, 4.69) is 12.3 Å². The quantitative estimate of drug-likeness (QED) is 0.187. The summed E-state index contributed by atoms with van der Waals surface area (Å²) in [5.74, 6) is -3.64. The Hall–Kier alpha value is -2.49. The van der Waals surface area contributed by atoms with Gasteiger partial charge in [-0.15, -0.1) is 5.73 Å². The summed E-state index contributed by atoms with van der Waals surface area (Å²) >= 11 is 12.0. The van der Waals surface area contributed by atoms with Crippen molar-refractivity contribution in [1.29, 1.82) is 0 Å². The largest absolute Gasteiger partial charge is 0.460 e. The molecule has 0 aliphatic carbocycles. The molecule has 0 fully saturated rings. The van der Waals surface area contributed by atoms with E-state index in [1.165, 1.54) is 12.1 Å². The van der Waals surface area contributed by atoms with E-state index in [0.717, 1.165) is 6.08 Å². The Kier molecular flexibility index (Phi) is 10.4. The van der Waals surface area contributed by atoms with Gasteiger partial charge in [0, 0.05) is 12.0 Å². The zero-order valence-corrected chi connectivity index (χ0v) is 22.6. The van der Waals surface area contributed by atoms with E-state index in [1.54, 1.807) is 26.8 Å². The standard InChI is InChI=1S/C27H27Cl2F6NO3/c1-5-6-18(22(36)15-11-16(26(30,31)32)13-17(12-15)27(33,34)35)23(37)19(24(38)39-25(2,3)4)9-14-7-8-20(28)21(29)10-14/h6-8,10-13,18-19,22-23,37H,1,9,36H2,2-4H3. The second-order valence-corrected chi connectivity index (χ2v) is 10.7. The molecule has 0 amide bonds. The number of hydrogen-bond donors (Lipinski definition) is 2. The van der Waals surface area contributed by atoms with Crippen LogP contribution in [0.2, 0.25) is 10.0 Å². The van der Waals surface area contributed by atoms with Gasteiger partial charge in [0.2, 0.25) is 0 Å². The molecule has 4 unspecified atom stereocenters. The summed E-state index contributed by atoms with van der Waals surface area (Å²) in [5, 5.41) is 11.8. The molecule has 0 aliphatic heterocycles. The minimum absolute atomic E-state index is 0.0290. The molecule has 0 saturated carbocycles. The van der Waals surface area contributed by atoms with Crippen molar-refractivity contribution < 1.29 is 41.0 Å². The van der Waals surface area contributed by atoms with Crippen molar-refractivity contribution in [3.63, 3.8) is 0 Å². The lowest BCUT2D eigenvalue weighted by Gasteiger charge is -2.33. The molecule has 0 saturated heterocycles. The van der Waals surface area contributed by atoms with Crippen LogP contribution < -0.4 is 5.73 Å². The summed E-state index contributed by atoms with van der Waals surface area (Å²) < 4.78 is 86.0. The SMILES string of the molecule is C=C=CC(C(N)c1cc(C(F)(F)F)cc(C(F)(F)F)c1)C(O)C(Cc1ccc(Cl)c(Cl)c1)C(=O)OC(C)(C)C. The van der Waals surface area contributed by atoms with Crippen molar-refractivity contribution >= 4 is 29.2 Å². The van der Waals surface area contributed by atoms with Crippen molar-refractivity contribution in [2.75, 3.05) is 0 Å². The minimum Gasteiger partial charge on any atom is -0.460 e. The molecule has 0 bridgehead atoms. The fourth-order valence-electron chi connectivity index (χ4n) is 3.85. The molecule has 2 aromatic rings. The predicted octanol–water partition coefficient (Wildman–Crippen LogP) is 7.55. The second-order valence-electron chi connectivity index (χ2n) is 9.90. The smallest absolute Gasteiger partial charge is 0.416 e. The molecule has 12 heteroatoms. The van der Waals surface area contributed by atoms with Gasteiger partial charge in [0.15, 0.2) is 0 Å². The van der Waals surface area contributed by atoms with E-state index in [1.807, 2.05) is 0 Å². The van der Waals surface area contributed by atoms with Gasteiger partial charge in [-0.3, -0.25) is 4.79 Å². The van der Waals surface area contributed by atoms with Crippen LogP contribution in [0.1, 0.15) is 49.1 Å². The van der Waals surface area contributed by atoms with Gasteiger partial charge in [-0.25, -0.2) is 0 Å². The van der Waals surface area contributed by atoms with Crippen LogP contribution in [0.25, 0.3) is 0 Å². The third-order valence-electron chi connectivity index (χ3n) is 5.68. The number of nitrogens with two attached hydrogens (primary N) is 1.